The first-order chi connectivity index (χ1) is 9.92. The third-order valence-electron chi connectivity index (χ3n) is 3.84. The van der Waals surface area contributed by atoms with Crippen molar-refractivity contribution in [2.75, 3.05) is 5.75 Å². The highest BCUT2D eigenvalue weighted by Gasteiger charge is 2.53. The highest BCUT2D eigenvalue weighted by molar-refractivity contribution is 8.01. The van der Waals surface area contributed by atoms with Crippen LogP contribution in [0.2, 0.25) is 10.0 Å². The van der Waals surface area contributed by atoms with Crippen molar-refractivity contribution >= 4 is 46.8 Å². The molecule has 2 atom stereocenters. The fourth-order valence-electron chi connectivity index (χ4n) is 2.73. The first kappa shape index (κ1) is 15.0. The van der Waals surface area contributed by atoms with Crippen LogP contribution in [0.5, 0.6) is 5.75 Å². The molecule has 1 aromatic rings. The van der Waals surface area contributed by atoms with Gasteiger partial charge in [0.25, 0.3) is 0 Å². The number of fused-ring (bicyclic) bond motifs is 1. The van der Waals surface area contributed by atoms with Crippen LogP contribution < -0.4 is 4.74 Å². The summed E-state index contributed by atoms with van der Waals surface area (Å²) in [6, 6.07) is 4.29. The van der Waals surface area contributed by atoms with Gasteiger partial charge in [-0.15, -0.1) is 11.8 Å². The summed E-state index contributed by atoms with van der Waals surface area (Å²) in [6.45, 7) is 1.99. The molecule has 0 spiro atoms. The molecule has 0 N–H and O–H groups in total. The molecule has 1 amide bonds. The van der Waals surface area contributed by atoms with Crippen molar-refractivity contribution in [3.63, 3.8) is 0 Å². The zero-order chi connectivity index (χ0) is 15.2. The van der Waals surface area contributed by atoms with Crippen LogP contribution in [-0.4, -0.2) is 33.4 Å². The van der Waals surface area contributed by atoms with Crippen molar-refractivity contribution < 1.29 is 14.3 Å². The van der Waals surface area contributed by atoms with Gasteiger partial charge in [0.05, 0.1) is 9.89 Å². The van der Waals surface area contributed by atoms with E-state index >= 15 is 0 Å². The lowest BCUT2D eigenvalue weighted by molar-refractivity contribution is -0.146. The van der Waals surface area contributed by atoms with E-state index in [0.29, 0.717) is 17.2 Å². The second-order valence-electron chi connectivity index (χ2n) is 5.24. The Kier molecular flexibility index (Phi) is 3.84. The smallest absolute Gasteiger partial charge is 0.335 e. The predicted octanol–water partition coefficient (Wildman–Crippen LogP) is 3.35. The van der Waals surface area contributed by atoms with Crippen molar-refractivity contribution in [3.8, 4) is 5.75 Å². The number of ether oxygens (including phenoxy) is 1. The molecule has 112 valence electrons. The number of carbonyl (C=O) groups excluding carboxylic acids is 2. The number of amides is 1. The van der Waals surface area contributed by atoms with E-state index in [1.807, 2.05) is 6.92 Å². The van der Waals surface area contributed by atoms with Gasteiger partial charge in [0, 0.05) is 12.2 Å². The summed E-state index contributed by atoms with van der Waals surface area (Å²) in [7, 11) is 0. The minimum atomic E-state index is -0.565. The van der Waals surface area contributed by atoms with E-state index < -0.39 is 12.0 Å². The minimum Gasteiger partial charge on any atom is -0.423 e. The molecule has 3 rings (SSSR count). The molecule has 0 saturated carbocycles. The molecular weight excluding hydrogens is 333 g/mol. The van der Waals surface area contributed by atoms with Gasteiger partial charge in [-0.1, -0.05) is 29.3 Å². The second kappa shape index (κ2) is 5.38. The molecule has 2 aliphatic rings. The number of benzene rings is 1. The summed E-state index contributed by atoms with van der Waals surface area (Å²) in [4.78, 5) is 25.7. The van der Waals surface area contributed by atoms with E-state index in [9.17, 15) is 9.59 Å². The first-order valence-electron chi connectivity index (χ1n) is 6.54. The minimum absolute atomic E-state index is 0.00152. The van der Waals surface area contributed by atoms with E-state index in [1.165, 1.54) is 0 Å². The average molecular weight is 346 g/mol. The van der Waals surface area contributed by atoms with E-state index in [1.54, 1.807) is 34.9 Å². The average Bonchev–Trinajstić information content (AvgIpc) is 2.92. The molecule has 0 bridgehead atoms. The Morgan fingerprint density at radius 1 is 1.48 bits per heavy atom. The highest BCUT2D eigenvalue weighted by atomic mass is 35.5. The summed E-state index contributed by atoms with van der Waals surface area (Å²) in [5, 5.41) is 0.526. The Labute approximate surface area is 136 Å². The van der Waals surface area contributed by atoms with Crippen LogP contribution in [0.15, 0.2) is 18.2 Å². The van der Waals surface area contributed by atoms with Crippen molar-refractivity contribution in [1.82, 2.24) is 4.90 Å². The number of thioether (sulfide) groups is 1. The van der Waals surface area contributed by atoms with Crippen LogP contribution in [0, 0.1) is 0 Å². The van der Waals surface area contributed by atoms with E-state index in [2.05, 4.69) is 0 Å². The van der Waals surface area contributed by atoms with Crippen LogP contribution in [0.3, 0.4) is 0 Å². The van der Waals surface area contributed by atoms with Gasteiger partial charge in [-0.3, -0.25) is 4.79 Å². The SMILES string of the molecule is C[C@@]12CCC(=O)N1[C@H](C(=O)Oc1cccc(Cl)c1Cl)CS2. The third-order valence-corrected chi connectivity index (χ3v) is 6.15. The molecule has 1 aromatic carbocycles. The number of halogens is 2. The Balaban J connectivity index is 1.80. The monoisotopic (exact) mass is 345 g/mol. The Hall–Kier alpha value is -0.910. The number of carbonyl (C=O) groups is 2. The maximum atomic E-state index is 12.4. The van der Waals surface area contributed by atoms with Crippen molar-refractivity contribution in [2.24, 2.45) is 0 Å². The fourth-order valence-corrected chi connectivity index (χ4v) is 4.48. The van der Waals surface area contributed by atoms with Crippen LogP contribution in [0.4, 0.5) is 0 Å². The molecule has 0 unspecified atom stereocenters. The molecule has 2 aliphatic heterocycles. The largest absolute Gasteiger partial charge is 0.423 e. The Bertz CT molecular complexity index is 624. The Morgan fingerprint density at radius 3 is 3.00 bits per heavy atom. The number of hydrogen-bond acceptors (Lipinski definition) is 4. The summed E-state index contributed by atoms with van der Waals surface area (Å²) in [6.07, 6.45) is 1.24. The molecular formula is C14H13Cl2NO3S. The quantitative estimate of drug-likeness (QED) is 0.609. The molecule has 0 radical (unpaired) electrons. The Morgan fingerprint density at radius 2 is 2.24 bits per heavy atom. The number of nitrogens with zero attached hydrogens (tertiary/aromatic N) is 1. The summed E-state index contributed by atoms with van der Waals surface area (Å²) < 4.78 is 5.35. The topological polar surface area (TPSA) is 46.6 Å². The predicted molar refractivity (Wildman–Crippen MR) is 82.8 cm³/mol. The standard InChI is InChI=1S/C14H13Cl2NO3S/c1-14-6-5-11(18)17(14)9(7-21-14)13(19)20-10-4-2-3-8(15)12(10)16/h2-4,9H,5-7H2,1H3/t9-,14+/m0/s1. The maximum Gasteiger partial charge on any atom is 0.335 e. The molecule has 0 aliphatic carbocycles. The zero-order valence-electron chi connectivity index (χ0n) is 11.3. The van der Waals surface area contributed by atoms with Gasteiger partial charge in [0.15, 0.2) is 5.75 Å². The van der Waals surface area contributed by atoms with Crippen LogP contribution in [0.25, 0.3) is 0 Å². The van der Waals surface area contributed by atoms with Gasteiger partial charge in [0.2, 0.25) is 5.91 Å². The molecule has 2 heterocycles. The highest BCUT2D eigenvalue weighted by Crippen LogP contribution is 2.47. The normalized spacial score (nSPS) is 27.9. The van der Waals surface area contributed by atoms with Crippen molar-refractivity contribution in [2.45, 2.75) is 30.7 Å². The molecule has 7 heteroatoms. The molecule has 21 heavy (non-hydrogen) atoms. The van der Waals surface area contributed by atoms with Crippen molar-refractivity contribution in [3.05, 3.63) is 28.2 Å². The molecule has 2 saturated heterocycles. The van der Waals surface area contributed by atoms with E-state index in [-0.39, 0.29) is 21.6 Å². The van der Waals surface area contributed by atoms with Gasteiger partial charge in [-0.2, -0.15) is 0 Å². The first-order valence-corrected chi connectivity index (χ1v) is 8.28. The number of rotatable bonds is 2. The zero-order valence-corrected chi connectivity index (χ0v) is 13.6. The van der Waals surface area contributed by atoms with Crippen LogP contribution in [-0.2, 0) is 9.59 Å². The molecule has 4 nitrogen and oxygen atoms in total. The number of esters is 1. The maximum absolute atomic E-state index is 12.4. The van der Waals surface area contributed by atoms with Gasteiger partial charge in [-0.05, 0) is 25.5 Å². The molecule has 2 fully saturated rings. The second-order valence-corrected chi connectivity index (χ2v) is 7.53. The fraction of sp³-hybridized carbons (Fsp3) is 0.429. The van der Waals surface area contributed by atoms with Gasteiger partial charge >= 0.3 is 5.97 Å². The summed E-state index contributed by atoms with van der Waals surface area (Å²) in [5.41, 5.74) is 0. The lowest BCUT2D eigenvalue weighted by atomic mass is 10.2. The molecule has 0 aromatic heterocycles. The van der Waals surface area contributed by atoms with Crippen LogP contribution >= 0.6 is 35.0 Å². The summed E-state index contributed by atoms with van der Waals surface area (Å²) in [5.74, 6) is 0.297. The van der Waals surface area contributed by atoms with E-state index in [4.69, 9.17) is 27.9 Å². The summed E-state index contributed by atoms with van der Waals surface area (Å²) >= 11 is 13.5. The van der Waals surface area contributed by atoms with Gasteiger partial charge in [-0.25, -0.2) is 4.79 Å². The van der Waals surface area contributed by atoms with Gasteiger partial charge in [0.1, 0.15) is 11.1 Å². The van der Waals surface area contributed by atoms with E-state index in [0.717, 1.165) is 6.42 Å². The van der Waals surface area contributed by atoms with Gasteiger partial charge < -0.3 is 9.64 Å². The third kappa shape index (κ3) is 2.51. The number of hydrogen-bond donors (Lipinski definition) is 0. The van der Waals surface area contributed by atoms with Crippen LogP contribution in [0.1, 0.15) is 19.8 Å². The lowest BCUT2D eigenvalue weighted by Gasteiger charge is -2.29. The lowest BCUT2D eigenvalue weighted by Crippen LogP contribution is -2.47. The van der Waals surface area contributed by atoms with Crippen molar-refractivity contribution in [1.29, 1.82) is 0 Å².